The van der Waals surface area contributed by atoms with Gasteiger partial charge in [0.2, 0.25) is 0 Å². The average molecular weight is 396 g/mol. The summed E-state index contributed by atoms with van der Waals surface area (Å²) in [6.45, 7) is 0. The number of phenols is 1. The molecule has 0 aliphatic heterocycles. The third kappa shape index (κ3) is 3.10. The summed E-state index contributed by atoms with van der Waals surface area (Å²) in [5.74, 6) is -0.728. The van der Waals surface area contributed by atoms with Crippen LogP contribution in [-0.4, -0.2) is 16.0 Å². The summed E-state index contributed by atoms with van der Waals surface area (Å²) in [7, 11) is 0. The van der Waals surface area contributed by atoms with Crippen LogP contribution in [0.3, 0.4) is 0 Å². The number of aromatic hydroxyl groups is 1. The number of H-pyrrole nitrogens is 1. The molecular formula is C24H16N2O4. The molecule has 0 saturated heterocycles. The lowest BCUT2D eigenvalue weighted by Crippen LogP contribution is -2.20. The van der Waals surface area contributed by atoms with Crippen molar-refractivity contribution in [2.24, 2.45) is 0 Å². The zero-order chi connectivity index (χ0) is 20.7. The lowest BCUT2D eigenvalue weighted by atomic mass is 10.0. The van der Waals surface area contributed by atoms with E-state index in [-0.39, 0.29) is 16.9 Å². The average Bonchev–Trinajstić information content (AvgIpc) is 3.22. The number of fused-ring (bicyclic) bond motifs is 2. The first-order chi connectivity index (χ1) is 14.6. The van der Waals surface area contributed by atoms with E-state index in [9.17, 15) is 14.7 Å². The van der Waals surface area contributed by atoms with E-state index < -0.39 is 11.5 Å². The van der Waals surface area contributed by atoms with E-state index in [4.69, 9.17) is 4.42 Å². The van der Waals surface area contributed by atoms with Crippen molar-refractivity contribution in [3.05, 3.63) is 95.0 Å². The number of carbonyl (C=O) groups excluding carboxylic acids is 1. The Hall–Kier alpha value is -4.32. The minimum atomic E-state index is -0.810. The number of para-hydroxylation sites is 1. The van der Waals surface area contributed by atoms with E-state index in [0.717, 1.165) is 22.0 Å². The molecule has 146 valence electrons. The Morgan fingerprint density at radius 1 is 0.900 bits per heavy atom. The van der Waals surface area contributed by atoms with E-state index in [1.54, 1.807) is 18.2 Å². The Labute approximate surface area is 170 Å². The van der Waals surface area contributed by atoms with Crippen LogP contribution in [0.5, 0.6) is 5.75 Å². The van der Waals surface area contributed by atoms with Gasteiger partial charge in [0.05, 0.1) is 0 Å². The van der Waals surface area contributed by atoms with Gasteiger partial charge in [0.15, 0.2) is 11.3 Å². The quantitative estimate of drug-likeness (QED) is 0.378. The molecule has 0 aliphatic carbocycles. The molecule has 0 radical (unpaired) electrons. The molecule has 0 fully saturated rings. The number of phenolic OH excluding ortho intramolecular Hbond substituents is 1. The van der Waals surface area contributed by atoms with Gasteiger partial charge in [-0.15, -0.1) is 0 Å². The predicted octanol–water partition coefficient (Wildman–Crippen LogP) is 4.90. The maximum absolute atomic E-state index is 12.7. The fourth-order valence-corrected chi connectivity index (χ4v) is 3.49. The zero-order valence-corrected chi connectivity index (χ0v) is 15.7. The van der Waals surface area contributed by atoms with Crippen LogP contribution in [0.4, 0.5) is 5.69 Å². The summed E-state index contributed by atoms with van der Waals surface area (Å²) in [6, 6.07) is 21.6. The maximum Gasteiger partial charge on any atom is 0.349 e. The molecule has 0 bridgehead atoms. The Morgan fingerprint density at radius 3 is 2.63 bits per heavy atom. The molecule has 0 aliphatic rings. The number of rotatable bonds is 3. The third-order valence-electron chi connectivity index (χ3n) is 4.99. The summed E-state index contributed by atoms with van der Waals surface area (Å²) in [4.78, 5) is 28.2. The molecular weight excluding hydrogens is 380 g/mol. The van der Waals surface area contributed by atoms with Gasteiger partial charge < -0.3 is 19.8 Å². The highest BCUT2D eigenvalue weighted by Crippen LogP contribution is 2.27. The van der Waals surface area contributed by atoms with E-state index in [1.807, 2.05) is 48.7 Å². The maximum atomic E-state index is 12.7. The van der Waals surface area contributed by atoms with Crippen LogP contribution < -0.4 is 10.9 Å². The van der Waals surface area contributed by atoms with Gasteiger partial charge in [-0.05, 0) is 52.9 Å². The van der Waals surface area contributed by atoms with Crippen LogP contribution in [0.2, 0.25) is 0 Å². The lowest BCUT2D eigenvalue weighted by molar-refractivity contribution is 0.102. The summed E-state index contributed by atoms with van der Waals surface area (Å²) in [6.07, 6.45) is 1.89. The Morgan fingerprint density at radius 2 is 1.73 bits per heavy atom. The number of aromatic nitrogens is 1. The first-order valence-corrected chi connectivity index (χ1v) is 9.33. The SMILES string of the molecule is O=C(Nc1cccc(-c2ccc3cc[nH]c3c2)c1)c1cc2cccc(O)c2oc1=O. The highest BCUT2D eigenvalue weighted by atomic mass is 16.4. The Kier molecular flexibility index (Phi) is 4.10. The van der Waals surface area contributed by atoms with Crippen molar-refractivity contribution < 1.29 is 14.3 Å². The third-order valence-corrected chi connectivity index (χ3v) is 4.99. The number of anilines is 1. The van der Waals surface area contributed by atoms with Gasteiger partial charge in [-0.3, -0.25) is 4.79 Å². The standard InChI is InChI=1S/C24H16N2O4/c27-21-6-2-4-17-12-19(24(29)30-22(17)21)23(28)26-18-5-1-3-15(11-18)16-8-7-14-9-10-25-20(14)13-16/h1-13,25,27H,(H,26,28). The molecule has 2 aromatic heterocycles. The van der Waals surface area contributed by atoms with E-state index >= 15 is 0 Å². The molecule has 0 unspecified atom stereocenters. The second-order valence-corrected chi connectivity index (χ2v) is 6.96. The molecule has 3 aromatic carbocycles. The minimum Gasteiger partial charge on any atom is -0.504 e. The monoisotopic (exact) mass is 396 g/mol. The van der Waals surface area contributed by atoms with E-state index in [1.165, 1.54) is 12.1 Å². The van der Waals surface area contributed by atoms with Gasteiger partial charge in [-0.25, -0.2) is 4.79 Å². The van der Waals surface area contributed by atoms with Crippen molar-refractivity contribution in [2.45, 2.75) is 0 Å². The topological polar surface area (TPSA) is 95.3 Å². The molecule has 30 heavy (non-hydrogen) atoms. The molecule has 3 N–H and O–H groups in total. The predicted molar refractivity (Wildman–Crippen MR) is 116 cm³/mol. The van der Waals surface area contributed by atoms with Crippen LogP contribution in [0.1, 0.15) is 10.4 Å². The van der Waals surface area contributed by atoms with Gasteiger partial charge in [0.1, 0.15) is 5.56 Å². The van der Waals surface area contributed by atoms with Crippen molar-refractivity contribution in [3.63, 3.8) is 0 Å². The minimum absolute atomic E-state index is 0.0563. The number of hydrogen-bond donors (Lipinski definition) is 3. The second-order valence-electron chi connectivity index (χ2n) is 6.96. The Balaban J connectivity index is 1.47. The highest BCUT2D eigenvalue weighted by Gasteiger charge is 2.15. The summed E-state index contributed by atoms with van der Waals surface area (Å²) in [5.41, 5.74) is 2.63. The molecule has 0 saturated carbocycles. The molecule has 0 spiro atoms. The molecule has 2 heterocycles. The summed E-state index contributed by atoms with van der Waals surface area (Å²) >= 11 is 0. The van der Waals surface area contributed by atoms with Crippen LogP contribution in [-0.2, 0) is 0 Å². The fraction of sp³-hybridized carbons (Fsp3) is 0. The zero-order valence-electron chi connectivity index (χ0n) is 15.7. The number of nitrogens with one attached hydrogen (secondary N) is 2. The number of aromatic amines is 1. The molecule has 5 rings (SSSR count). The van der Waals surface area contributed by atoms with Crippen molar-refractivity contribution in [2.75, 3.05) is 5.32 Å². The van der Waals surface area contributed by atoms with Gasteiger partial charge in [0.25, 0.3) is 5.91 Å². The smallest absolute Gasteiger partial charge is 0.349 e. The highest BCUT2D eigenvalue weighted by molar-refractivity contribution is 6.06. The lowest BCUT2D eigenvalue weighted by Gasteiger charge is -2.08. The van der Waals surface area contributed by atoms with Crippen LogP contribution in [0.15, 0.2) is 88.2 Å². The largest absolute Gasteiger partial charge is 0.504 e. The molecule has 1 amide bonds. The van der Waals surface area contributed by atoms with Gasteiger partial charge in [-0.2, -0.15) is 0 Å². The number of amides is 1. The normalized spacial score (nSPS) is 11.1. The van der Waals surface area contributed by atoms with E-state index in [0.29, 0.717) is 11.1 Å². The Bertz CT molecular complexity index is 1480. The summed E-state index contributed by atoms with van der Waals surface area (Å²) < 4.78 is 5.14. The van der Waals surface area contributed by atoms with Gasteiger partial charge in [0, 0.05) is 22.8 Å². The van der Waals surface area contributed by atoms with Crippen molar-refractivity contribution in [1.29, 1.82) is 0 Å². The van der Waals surface area contributed by atoms with Gasteiger partial charge in [-0.1, -0.05) is 36.4 Å². The number of benzene rings is 3. The van der Waals surface area contributed by atoms with Crippen LogP contribution in [0.25, 0.3) is 33.0 Å². The summed E-state index contributed by atoms with van der Waals surface area (Å²) in [5, 5.41) is 14.2. The molecule has 5 aromatic rings. The van der Waals surface area contributed by atoms with Gasteiger partial charge >= 0.3 is 5.63 Å². The van der Waals surface area contributed by atoms with Crippen molar-refractivity contribution in [3.8, 4) is 16.9 Å². The second kappa shape index (κ2) is 6.93. The van der Waals surface area contributed by atoms with E-state index in [2.05, 4.69) is 10.3 Å². The molecule has 6 heteroatoms. The fourth-order valence-electron chi connectivity index (χ4n) is 3.49. The van der Waals surface area contributed by atoms with Crippen LogP contribution >= 0.6 is 0 Å². The molecule has 6 nitrogen and oxygen atoms in total. The van der Waals surface area contributed by atoms with Crippen molar-refractivity contribution in [1.82, 2.24) is 4.98 Å². The number of hydrogen-bond acceptors (Lipinski definition) is 4. The first-order valence-electron chi connectivity index (χ1n) is 9.33. The molecule has 0 atom stereocenters. The van der Waals surface area contributed by atoms with Crippen molar-refractivity contribution >= 4 is 33.5 Å². The number of carbonyl (C=O) groups is 1. The van der Waals surface area contributed by atoms with Crippen LogP contribution in [0, 0.1) is 0 Å². The first kappa shape index (κ1) is 17.8.